The topological polar surface area (TPSA) is 92.7 Å². The van der Waals surface area contributed by atoms with E-state index in [0.29, 0.717) is 11.3 Å². The van der Waals surface area contributed by atoms with Gasteiger partial charge in [-0.25, -0.2) is 22.3 Å². The summed E-state index contributed by atoms with van der Waals surface area (Å²) in [5, 5.41) is 8.85. The summed E-state index contributed by atoms with van der Waals surface area (Å²) in [7, 11) is -2.48. The van der Waals surface area contributed by atoms with Crippen molar-refractivity contribution in [3.05, 3.63) is 59.4 Å². The number of carboxylic acids is 1. The summed E-state index contributed by atoms with van der Waals surface area (Å²) in [6.45, 7) is -0.0146. The van der Waals surface area contributed by atoms with Crippen LogP contribution in [0, 0.1) is 5.82 Å². The summed E-state index contributed by atoms with van der Waals surface area (Å²) in [5.41, 5.74) is -0.0391. The highest BCUT2D eigenvalue weighted by Gasteiger charge is 2.19. The summed E-state index contributed by atoms with van der Waals surface area (Å²) < 4.78 is 45.1. The number of methoxy groups -OCH3 is 1. The molecule has 0 spiro atoms. The van der Waals surface area contributed by atoms with E-state index in [1.165, 1.54) is 7.11 Å². The van der Waals surface area contributed by atoms with Crippen LogP contribution in [0.1, 0.15) is 15.9 Å². The molecule has 2 aromatic carbocycles. The first-order valence-electron chi connectivity index (χ1n) is 6.49. The van der Waals surface area contributed by atoms with Crippen molar-refractivity contribution in [3.8, 4) is 5.75 Å². The standard InChI is InChI=1S/C15H14FNO5S/c1-22-11-4-2-3-10(7-11)9-17-23(20,21)12-5-6-14(16)13(8-12)15(18)19/h2-8,17H,9H2,1H3,(H,18,19). The Morgan fingerprint density at radius 2 is 2.00 bits per heavy atom. The van der Waals surface area contributed by atoms with Crippen molar-refractivity contribution < 1.29 is 27.4 Å². The molecule has 0 saturated carbocycles. The number of nitrogens with one attached hydrogen (secondary N) is 1. The molecule has 0 amide bonds. The fourth-order valence-electron chi connectivity index (χ4n) is 1.88. The van der Waals surface area contributed by atoms with Crippen LogP contribution in [0.15, 0.2) is 47.4 Å². The SMILES string of the molecule is COc1cccc(CNS(=O)(=O)c2ccc(F)c(C(=O)O)c2)c1. The third kappa shape index (κ3) is 4.05. The van der Waals surface area contributed by atoms with Gasteiger partial charge in [0.1, 0.15) is 11.6 Å². The third-order valence-corrected chi connectivity index (χ3v) is 4.48. The number of rotatable bonds is 6. The Balaban J connectivity index is 2.22. The number of sulfonamides is 1. The fraction of sp³-hybridized carbons (Fsp3) is 0.133. The summed E-state index contributed by atoms with van der Waals surface area (Å²) in [5.74, 6) is -1.95. The van der Waals surface area contributed by atoms with Crippen LogP contribution in [0.25, 0.3) is 0 Å². The number of carbonyl (C=O) groups is 1. The Kier molecular flexibility index (Phi) is 4.97. The zero-order valence-electron chi connectivity index (χ0n) is 12.1. The molecule has 0 radical (unpaired) electrons. The molecule has 2 aromatic rings. The van der Waals surface area contributed by atoms with E-state index in [1.807, 2.05) is 0 Å². The normalized spacial score (nSPS) is 11.2. The first kappa shape index (κ1) is 16.9. The van der Waals surface area contributed by atoms with Crippen molar-refractivity contribution in [2.45, 2.75) is 11.4 Å². The predicted octanol–water partition coefficient (Wildman–Crippen LogP) is 2.01. The van der Waals surface area contributed by atoms with Crippen LogP contribution < -0.4 is 9.46 Å². The lowest BCUT2D eigenvalue weighted by atomic mass is 10.2. The number of aromatic carboxylic acids is 1. The van der Waals surface area contributed by atoms with Crippen molar-refractivity contribution >= 4 is 16.0 Å². The van der Waals surface area contributed by atoms with Gasteiger partial charge in [0.25, 0.3) is 0 Å². The van der Waals surface area contributed by atoms with E-state index >= 15 is 0 Å². The summed E-state index contributed by atoms with van der Waals surface area (Å²) in [6, 6.07) is 9.40. The van der Waals surface area contributed by atoms with E-state index in [0.717, 1.165) is 18.2 Å². The fourth-order valence-corrected chi connectivity index (χ4v) is 2.92. The van der Waals surface area contributed by atoms with E-state index in [1.54, 1.807) is 24.3 Å². The van der Waals surface area contributed by atoms with Crippen LogP contribution in [0.4, 0.5) is 4.39 Å². The maximum atomic E-state index is 13.3. The molecule has 0 fully saturated rings. The second-order valence-electron chi connectivity index (χ2n) is 4.62. The summed E-state index contributed by atoms with van der Waals surface area (Å²) in [6.07, 6.45) is 0. The van der Waals surface area contributed by atoms with Crippen molar-refractivity contribution in [2.75, 3.05) is 7.11 Å². The molecule has 0 saturated heterocycles. The highest BCUT2D eigenvalue weighted by molar-refractivity contribution is 7.89. The van der Waals surface area contributed by atoms with E-state index in [-0.39, 0.29) is 11.4 Å². The number of ether oxygens (including phenoxy) is 1. The molecule has 0 heterocycles. The molecule has 0 unspecified atom stereocenters. The zero-order valence-corrected chi connectivity index (χ0v) is 12.9. The zero-order chi connectivity index (χ0) is 17.0. The van der Waals surface area contributed by atoms with E-state index < -0.39 is 27.4 Å². The van der Waals surface area contributed by atoms with E-state index in [4.69, 9.17) is 9.84 Å². The quantitative estimate of drug-likeness (QED) is 0.840. The lowest BCUT2D eigenvalue weighted by Crippen LogP contribution is -2.23. The molecule has 0 aromatic heterocycles. The van der Waals surface area contributed by atoms with Crippen LogP contribution >= 0.6 is 0 Å². The Morgan fingerprint density at radius 1 is 1.26 bits per heavy atom. The van der Waals surface area contributed by atoms with Gasteiger partial charge >= 0.3 is 5.97 Å². The maximum absolute atomic E-state index is 13.3. The van der Waals surface area contributed by atoms with Gasteiger partial charge in [-0.15, -0.1) is 0 Å². The maximum Gasteiger partial charge on any atom is 0.338 e. The van der Waals surface area contributed by atoms with Crippen LogP contribution in [0.3, 0.4) is 0 Å². The monoisotopic (exact) mass is 339 g/mol. The van der Waals surface area contributed by atoms with Gasteiger partial charge in [0, 0.05) is 6.54 Å². The minimum Gasteiger partial charge on any atom is -0.497 e. The Labute approximate surface area is 132 Å². The van der Waals surface area contributed by atoms with Gasteiger partial charge in [-0.2, -0.15) is 0 Å². The molecule has 0 aliphatic heterocycles. The van der Waals surface area contributed by atoms with Crippen LogP contribution in [-0.2, 0) is 16.6 Å². The van der Waals surface area contributed by atoms with Gasteiger partial charge in [0.05, 0.1) is 17.6 Å². The van der Waals surface area contributed by atoms with Crippen molar-refractivity contribution in [2.24, 2.45) is 0 Å². The second kappa shape index (κ2) is 6.76. The number of halogens is 1. The van der Waals surface area contributed by atoms with Gasteiger partial charge in [0.2, 0.25) is 10.0 Å². The van der Waals surface area contributed by atoms with Crippen molar-refractivity contribution in [3.63, 3.8) is 0 Å². The first-order chi connectivity index (χ1) is 10.8. The second-order valence-corrected chi connectivity index (χ2v) is 6.39. The molecular weight excluding hydrogens is 325 g/mol. The smallest absolute Gasteiger partial charge is 0.338 e. The van der Waals surface area contributed by atoms with Crippen LogP contribution in [0.5, 0.6) is 5.75 Å². The van der Waals surface area contributed by atoms with Gasteiger partial charge in [-0.1, -0.05) is 12.1 Å². The third-order valence-electron chi connectivity index (χ3n) is 3.08. The van der Waals surface area contributed by atoms with Gasteiger partial charge < -0.3 is 9.84 Å². The Bertz CT molecular complexity index is 836. The molecule has 2 rings (SSSR count). The van der Waals surface area contributed by atoms with Gasteiger partial charge in [-0.3, -0.25) is 0 Å². The predicted molar refractivity (Wildman–Crippen MR) is 80.4 cm³/mol. The number of hydrogen-bond donors (Lipinski definition) is 2. The summed E-state index contributed by atoms with van der Waals surface area (Å²) >= 11 is 0. The molecule has 0 atom stereocenters. The molecule has 0 aliphatic rings. The number of hydrogen-bond acceptors (Lipinski definition) is 4. The van der Waals surface area contributed by atoms with Crippen LogP contribution in [-0.4, -0.2) is 26.6 Å². The molecule has 23 heavy (non-hydrogen) atoms. The molecule has 0 bridgehead atoms. The molecule has 122 valence electrons. The number of benzene rings is 2. The van der Waals surface area contributed by atoms with Crippen molar-refractivity contribution in [1.82, 2.24) is 4.72 Å². The lowest BCUT2D eigenvalue weighted by molar-refractivity contribution is 0.0691. The Morgan fingerprint density at radius 3 is 2.65 bits per heavy atom. The van der Waals surface area contributed by atoms with E-state index in [9.17, 15) is 17.6 Å². The van der Waals surface area contributed by atoms with Gasteiger partial charge in [0.15, 0.2) is 0 Å². The highest BCUT2D eigenvalue weighted by Crippen LogP contribution is 2.17. The highest BCUT2D eigenvalue weighted by atomic mass is 32.2. The molecule has 6 nitrogen and oxygen atoms in total. The number of carboxylic acid groups (broad SMARTS) is 1. The average Bonchev–Trinajstić information content (AvgIpc) is 2.53. The van der Waals surface area contributed by atoms with Gasteiger partial charge in [-0.05, 0) is 35.9 Å². The van der Waals surface area contributed by atoms with Crippen LogP contribution in [0.2, 0.25) is 0 Å². The minimum absolute atomic E-state index is 0.0146. The van der Waals surface area contributed by atoms with E-state index in [2.05, 4.69) is 4.72 Å². The molecule has 8 heteroatoms. The molecule has 2 N–H and O–H groups in total. The summed E-state index contributed by atoms with van der Waals surface area (Å²) in [4.78, 5) is 10.6. The lowest BCUT2D eigenvalue weighted by Gasteiger charge is -2.09. The van der Waals surface area contributed by atoms with Crippen molar-refractivity contribution in [1.29, 1.82) is 0 Å². The molecular formula is C15H14FNO5S. The minimum atomic E-state index is -3.97. The Hall–Kier alpha value is -2.45. The average molecular weight is 339 g/mol. The molecule has 0 aliphatic carbocycles. The largest absolute Gasteiger partial charge is 0.497 e. The first-order valence-corrected chi connectivity index (χ1v) is 7.97.